The predicted molar refractivity (Wildman–Crippen MR) is 54.2 cm³/mol. The molecule has 0 heterocycles. The fraction of sp³-hybridized carbons (Fsp3) is 0.818. The first kappa shape index (κ1) is 9.79. The number of hydrogen-bond donors (Lipinski definition) is 1. The maximum Gasteiger partial charge on any atom is 0.0281 e. The molecular weight excluding hydrogens is 146 g/mol. The zero-order chi connectivity index (χ0) is 9.19. The molecule has 1 saturated carbocycles. The minimum absolute atomic E-state index is 0.542. The Morgan fingerprint density at radius 2 is 2.25 bits per heavy atom. The molecule has 70 valence electrons. The SMILES string of the molecule is C=CC(NCCC)C1CC1(C)C. The van der Waals surface area contributed by atoms with Gasteiger partial charge in [-0.15, -0.1) is 6.58 Å². The highest BCUT2D eigenvalue weighted by molar-refractivity contribution is 5.07. The summed E-state index contributed by atoms with van der Waals surface area (Å²) in [5.41, 5.74) is 0.555. The van der Waals surface area contributed by atoms with E-state index in [-0.39, 0.29) is 0 Å². The van der Waals surface area contributed by atoms with Crippen molar-refractivity contribution < 1.29 is 0 Å². The predicted octanol–water partition coefficient (Wildman–Crippen LogP) is 2.59. The van der Waals surface area contributed by atoms with Crippen LogP contribution in [0.25, 0.3) is 0 Å². The second-order valence-corrected chi connectivity index (χ2v) is 4.51. The molecule has 1 rings (SSSR count). The lowest BCUT2D eigenvalue weighted by Gasteiger charge is -2.15. The van der Waals surface area contributed by atoms with Crippen molar-refractivity contribution in [1.29, 1.82) is 0 Å². The summed E-state index contributed by atoms with van der Waals surface area (Å²) in [6.07, 6.45) is 4.62. The Hall–Kier alpha value is -0.300. The van der Waals surface area contributed by atoms with Crippen LogP contribution in [0.3, 0.4) is 0 Å². The van der Waals surface area contributed by atoms with Crippen LogP contribution in [-0.2, 0) is 0 Å². The Morgan fingerprint density at radius 1 is 1.67 bits per heavy atom. The quantitative estimate of drug-likeness (QED) is 0.621. The summed E-state index contributed by atoms with van der Waals surface area (Å²) in [7, 11) is 0. The number of hydrogen-bond acceptors (Lipinski definition) is 1. The van der Waals surface area contributed by atoms with E-state index in [1.165, 1.54) is 12.8 Å². The first-order valence-corrected chi connectivity index (χ1v) is 4.97. The third kappa shape index (κ3) is 2.10. The van der Waals surface area contributed by atoms with Crippen molar-refractivity contribution in [2.45, 2.75) is 39.7 Å². The largest absolute Gasteiger partial charge is 0.310 e. The first-order valence-electron chi connectivity index (χ1n) is 4.97. The van der Waals surface area contributed by atoms with Gasteiger partial charge in [0.25, 0.3) is 0 Å². The molecule has 0 aromatic heterocycles. The summed E-state index contributed by atoms with van der Waals surface area (Å²) >= 11 is 0. The third-order valence-electron chi connectivity index (χ3n) is 2.91. The lowest BCUT2D eigenvalue weighted by molar-refractivity contribution is 0.459. The van der Waals surface area contributed by atoms with E-state index in [1.807, 2.05) is 0 Å². The van der Waals surface area contributed by atoms with E-state index in [2.05, 4.69) is 38.7 Å². The lowest BCUT2D eigenvalue weighted by Crippen LogP contribution is -2.31. The van der Waals surface area contributed by atoms with Crippen LogP contribution in [0.1, 0.15) is 33.6 Å². The monoisotopic (exact) mass is 167 g/mol. The Bertz CT molecular complexity index is 160. The maximum atomic E-state index is 3.88. The average Bonchev–Trinajstić information content (AvgIpc) is 2.62. The zero-order valence-electron chi connectivity index (χ0n) is 8.56. The Morgan fingerprint density at radius 3 is 2.58 bits per heavy atom. The van der Waals surface area contributed by atoms with Crippen LogP contribution in [0.2, 0.25) is 0 Å². The van der Waals surface area contributed by atoms with E-state index >= 15 is 0 Å². The highest BCUT2D eigenvalue weighted by Crippen LogP contribution is 2.53. The molecule has 1 fully saturated rings. The van der Waals surface area contributed by atoms with Gasteiger partial charge in [0.15, 0.2) is 0 Å². The maximum absolute atomic E-state index is 3.88. The fourth-order valence-corrected chi connectivity index (χ4v) is 1.82. The molecule has 0 amide bonds. The molecule has 1 aliphatic carbocycles. The molecule has 0 aromatic rings. The standard InChI is InChI=1S/C11H21N/c1-5-7-12-10(6-2)9-8-11(9,3)4/h6,9-10,12H,2,5,7-8H2,1,3-4H3. The van der Waals surface area contributed by atoms with Crippen LogP contribution in [-0.4, -0.2) is 12.6 Å². The summed E-state index contributed by atoms with van der Waals surface area (Å²) in [4.78, 5) is 0. The highest BCUT2D eigenvalue weighted by Gasteiger charge is 2.48. The number of nitrogens with one attached hydrogen (secondary N) is 1. The van der Waals surface area contributed by atoms with Crippen molar-refractivity contribution in [3.63, 3.8) is 0 Å². The molecule has 0 aliphatic heterocycles. The van der Waals surface area contributed by atoms with E-state index in [1.54, 1.807) is 0 Å². The third-order valence-corrected chi connectivity index (χ3v) is 2.91. The molecule has 1 aliphatic rings. The van der Waals surface area contributed by atoms with Gasteiger partial charge in [0.2, 0.25) is 0 Å². The number of rotatable bonds is 5. The van der Waals surface area contributed by atoms with Gasteiger partial charge in [-0.05, 0) is 30.7 Å². The Labute approximate surface area is 76.2 Å². The first-order chi connectivity index (χ1) is 5.61. The van der Waals surface area contributed by atoms with Crippen molar-refractivity contribution in [3.8, 4) is 0 Å². The van der Waals surface area contributed by atoms with Crippen LogP contribution in [0.15, 0.2) is 12.7 Å². The van der Waals surface area contributed by atoms with E-state index in [0.717, 1.165) is 12.5 Å². The topological polar surface area (TPSA) is 12.0 Å². The molecule has 1 heteroatoms. The summed E-state index contributed by atoms with van der Waals surface area (Å²) in [5, 5.41) is 3.52. The van der Waals surface area contributed by atoms with Crippen LogP contribution in [0.4, 0.5) is 0 Å². The molecular formula is C11H21N. The Balaban J connectivity index is 2.32. The van der Waals surface area contributed by atoms with Crippen molar-refractivity contribution in [2.24, 2.45) is 11.3 Å². The molecule has 2 atom stereocenters. The zero-order valence-corrected chi connectivity index (χ0v) is 8.56. The average molecular weight is 167 g/mol. The summed E-state index contributed by atoms with van der Waals surface area (Å²) in [5.74, 6) is 0.821. The second kappa shape index (κ2) is 3.61. The van der Waals surface area contributed by atoms with Gasteiger partial charge in [0, 0.05) is 6.04 Å². The van der Waals surface area contributed by atoms with Crippen molar-refractivity contribution in [1.82, 2.24) is 5.32 Å². The smallest absolute Gasteiger partial charge is 0.0281 e. The van der Waals surface area contributed by atoms with Gasteiger partial charge >= 0.3 is 0 Å². The van der Waals surface area contributed by atoms with Crippen LogP contribution in [0.5, 0.6) is 0 Å². The van der Waals surface area contributed by atoms with Crippen LogP contribution in [0, 0.1) is 11.3 Å². The van der Waals surface area contributed by atoms with Gasteiger partial charge < -0.3 is 5.32 Å². The summed E-state index contributed by atoms with van der Waals surface area (Å²) in [6, 6.07) is 0.542. The molecule has 12 heavy (non-hydrogen) atoms. The Kier molecular flexibility index (Phi) is 2.94. The lowest BCUT2D eigenvalue weighted by atomic mass is 10.0. The molecule has 1 N–H and O–H groups in total. The van der Waals surface area contributed by atoms with Gasteiger partial charge in [-0.1, -0.05) is 26.8 Å². The van der Waals surface area contributed by atoms with E-state index in [9.17, 15) is 0 Å². The summed E-state index contributed by atoms with van der Waals surface area (Å²) in [6.45, 7) is 11.9. The molecule has 1 nitrogen and oxygen atoms in total. The molecule has 0 spiro atoms. The van der Waals surface area contributed by atoms with Gasteiger partial charge in [-0.3, -0.25) is 0 Å². The van der Waals surface area contributed by atoms with Gasteiger partial charge in [0.05, 0.1) is 0 Å². The van der Waals surface area contributed by atoms with Gasteiger partial charge in [-0.2, -0.15) is 0 Å². The normalized spacial score (nSPS) is 28.1. The molecule has 0 radical (unpaired) electrons. The highest BCUT2D eigenvalue weighted by atomic mass is 14.9. The van der Waals surface area contributed by atoms with E-state index in [4.69, 9.17) is 0 Å². The molecule has 0 saturated heterocycles. The van der Waals surface area contributed by atoms with E-state index < -0.39 is 0 Å². The van der Waals surface area contributed by atoms with Crippen LogP contribution >= 0.6 is 0 Å². The molecule has 0 aromatic carbocycles. The molecule has 2 unspecified atom stereocenters. The van der Waals surface area contributed by atoms with Crippen molar-refractivity contribution in [2.75, 3.05) is 6.54 Å². The fourth-order valence-electron chi connectivity index (χ4n) is 1.82. The van der Waals surface area contributed by atoms with Gasteiger partial charge in [-0.25, -0.2) is 0 Å². The minimum atomic E-state index is 0.542. The van der Waals surface area contributed by atoms with Gasteiger partial charge in [0.1, 0.15) is 0 Å². The van der Waals surface area contributed by atoms with Crippen LogP contribution < -0.4 is 5.32 Å². The van der Waals surface area contributed by atoms with E-state index in [0.29, 0.717) is 11.5 Å². The summed E-state index contributed by atoms with van der Waals surface area (Å²) < 4.78 is 0. The van der Waals surface area contributed by atoms with Crippen molar-refractivity contribution >= 4 is 0 Å². The van der Waals surface area contributed by atoms with Crippen molar-refractivity contribution in [3.05, 3.63) is 12.7 Å². The second-order valence-electron chi connectivity index (χ2n) is 4.51. The minimum Gasteiger partial charge on any atom is -0.310 e. The molecule has 0 bridgehead atoms.